The third kappa shape index (κ3) is 2.43. The molecular formula is C11H12ClN3. The number of aryl methyl sites for hydroxylation is 1. The number of hydrogen-bond donors (Lipinski definition) is 1. The molecule has 2 aromatic rings. The van der Waals surface area contributed by atoms with Gasteiger partial charge in [-0.25, -0.2) is 9.97 Å². The Hall–Kier alpha value is -1.19. The van der Waals surface area contributed by atoms with Crippen molar-refractivity contribution in [3.63, 3.8) is 0 Å². The van der Waals surface area contributed by atoms with Crippen LogP contribution in [0.2, 0.25) is 5.02 Å². The second-order valence-electron chi connectivity index (χ2n) is 3.38. The number of nitrogens with zero attached hydrogens (tertiary/aromatic N) is 2. The molecule has 0 amide bonds. The number of rotatable bonds is 3. The predicted molar refractivity (Wildman–Crippen MR) is 61.9 cm³/mol. The summed E-state index contributed by atoms with van der Waals surface area (Å²) in [6.07, 6.45) is 3.55. The standard InChI is InChI=1S/C11H12ClN3/c12-9-4-3-8-7-14-11(2-1-5-13)15-10(8)6-9/h3-4,6-7H,1-2,5,13H2. The fourth-order valence-corrected chi connectivity index (χ4v) is 1.58. The van der Waals surface area contributed by atoms with Gasteiger partial charge in [-0.15, -0.1) is 0 Å². The second-order valence-corrected chi connectivity index (χ2v) is 3.82. The van der Waals surface area contributed by atoms with Gasteiger partial charge < -0.3 is 5.73 Å². The van der Waals surface area contributed by atoms with Crippen molar-refractivity contribution in [3.8, 4) is 0 Å². The van der Waals surface area contributed by atoms with E-state index in [0.29, 0.717) is 11.6 Å². The highest BCUT2D eigenvalue weighted by Crippen LogP contribution is 2.16. The molecular weight excluding hydrogens is 210 g/mol. The van der Waals surface area contributed by atoms with Gasteiger partial charge in [0.15, 0.2) is 0 Å². The number of fused-ring (bicyclic) bond motifs is 1. The van der Waals surface area contributed by atoms with E-state index in [2.05, 4.69) is 9.97 Å². The molecule has 78 valence electrons. The average Bonchev–Trinajstić information content (AvgIpc) is 2.25. The summed E-state index contributed by atoms with van der Waals surface area (Å²) < 4.78 is 0. The van der Waals surface area contributed by atoms with Crippen LogP contribution < -0.4 is 5.73 Å². The minimum absolute atomic E-state index is 0.664. The maximum absolute atomic E-state index is 5.89. The molecule has 0 saturated carbocycles. The van der Waals surface area contributed by atoms with E-state index in [1.807, 2.05) is 24.4 Å². The van der Waals surface area contributed by atoms with Gasteiger partial charge in [-0.1, -0.05) is 11.6 Å². The van der Waals surface area contributed by atoms with E-state index in [1.54, 1.807) is 0 Å². The van der Waals surface area contributed by atoms with E-state index < -0.39 is 0 Å². The molecule has 4 heteroatoms. The maximum atomic E-state index is 5.89. The molecule has 0 fully saturated rings. The van der Waals surface area contributed by atoms with Gasteiger partial charge >= 0.3 is 0 Å². The van der Waals surface area contributed by atoms with Crippen molar-refractivity contribution in [2.24, 2.45) is 5.73 Å². The first kappa shape index (κ1) is 10.3. The molecule has 0 aliphatic heterocycles. The van der Waals surface area contributed by atoms with E-state index in [4.69, 9.17) is 17.3 Å². The fraction of sp³-hybridized carbons (Fsp3) is 0.273. The van der Waals surface area contributed by atoms with E-state index in [9.17, 15) is 0 Å². The van der Waals surface area contributed by atoms with Crippen molar-refractivity contribution in [3.05, 3.63) is 35.2 Å². The van der Waals surface area contributed by atoms with Gasteiger partial charge in [0, 0.05) is 23.0 Å². The first-order chi connectivity index (χ1) is 7.29. The van der Waals surface area contributed by atoms with Crippen LogP contribution in [-0.4, -0.2) is 16.5 Å². The Balaban J connectivity index is 2.36. The normalized spacial score (nSPS) is 10.8. The minimum Gasteiger partial charge on any atom is -0.330 e. The molecule has 1 heterocycles. The summed E-state index contributed by atoms with van der Waals surface area (Å²) in [5.74, 6) is 0.829. The summed E-state index contributed by atoms with van der Waals surface area (Å²) in [6.45, 7) is 0.664. The highest BCUT2D eigenvalue weighted by Gasteiger charge is 2.00. The van der Waals surface area contributed by atoms with Crippen LogP contribution in [0.1, 0.15) is 12.2 Å². The minimum atomic E-state index is 0.664. The highest BCUT2D eigenvalue weighted by molar-refractivity contribution is 6.31. The Kier molecular flexibility index (Phi) is 3.14. The molecule has 1 aromatic carbocycles. The zero-order valence-corrected chi connectivity index (χ0v) is 9.04. The summed E-state index contributed by atoms with van der Waals surface area (Å²) in [5.41, 5.74) is 6.33. The van der Waals surface area contributed by atoms with Crippen molar-refractivity contribution in [1.82, 2.24) is 9.97 Å². The number of nitrogens with two attached hydrogens (primary N) is 1. The van der Waals surface area contributed by atoms with E-state index in [0.717, 1.165) is 29.6 Å². The zero-order chi connectivity index (χ0) is 10.7. The fourth-order valence-electron chi connectivity index (χ4n) is 1.42. The van der Waals surface area contributed by atoms with Gasteiger partial charge in [-0.05, 0) is 31.2 Å². The van der Waals surface area contributed by atoms with Gasteiger partial charge in [-0.2, -0.15) is 0 Å². The Morgan fingerprint density at radius 2 is 2.20 bits per heavy atom. The largest absolute Gasteiger partial charge is 0.330 e. The van der Waals surface area contributed by atoms with Crippen LogP contribution in [0.3, 0.4) is 0 Å². The summed E-state index contributed by atoms with van der Waals surface area (Å²) in [6, 6.07) is 5.61. The lowest BCUT2D eigenvalue weighted by molar-refractivity contribution is 0.786. The van der Waals surface area contributed by atoms with Gasteiger partial charge in [-0.3, -0.25) is 0 Å². The molecule has 0 aliphatic rings. The third-order valence-electron chi connectivity index (χ3n) is 2.20. The van der Waals surface area contributed by atoms with E-state index in [1.165, 1.54) is 0 Å². The SMILES string of the molecule is NCCCc1ncc2ccc(Cl)cc2n1. The molecule has 3 nitrogen and oxygen atoms in total. The predicted octanol–water partition coefficient (Wildman–Crippen LogP) is 2.17. The van der Waals surface area contributed by atoms with Gasteiger partial charge in [0.25, 0.3) is 0 Å². The van der Waals surface area contributed by atoms with Crippen molar-refractivity contribution < 1.29 is 0 Å². The third-order valence-corrected chi connectivity index (χ3v) is 2.43. The lowest BCUT2D eigenvalue weighted by Gasteiger charge is -2.01. The quantitative estimate of drug-likeness (QED) is 0.865. The number of aromatic nitrogens is 2. The topological polar surface area (TPSA) is 51.8 Å². The summed E-state index contributed by atoms with van der Waals surface area (Å²) in [4.78, 5) is 8.69. The first-order valence-corrected chi connectivity index (χ1v) is 5.28. The van der Waals surface area contributed by atoms with Crippen molar-refractivity contribution in [1.29, 1.82) is 0 Å². The maximum Gasteiger partial charge on any atom is 0.129 e. The van der Waals surface area contributed by atoms with Crippen molar-refractivity contribution in [2.45, 2.75) is 12.8 Å². The number of halogens is 1. The van der Waals surface area contributed by atoms with Crippen LogP contribution in [-0.2, 0) is 6.42 Å². The molecule has 2 N–H and O–H groups in total. The summed E-state index contributed by atoms with van der Waals surface area (Å²) in [7, 11) is 0. The smallest absolute Gasteiger partial charge is 0.129 e. The van der Waals surface area contributed by atoms with Crippen LogP contribution in [0.25, 0.3) is 10.9 Å². The summed E-state index contributed by atoms with van der Waals surface area (Å²) in [5, 5.41) is 1.71. The molecule has 2 rings (SSSR count). The van der Waals surface area contributed by atoms with Crippen LogP contribution in [0.4, 0.5) is 0 Å². The van der Waals surface area contributed by atoms with Crippen LogP contribution >= 0.6 is 11.6 Å². The Bertz CT molecular complexity index is 470. The van der Waals surface area contributed by atoms with Crippen LogP contribution in [0, 0.1) is 0 Å². The molecule has 1 aromatic heterocycles. The highest BCUT2D eigenvalue weighted by atomic mass is 35.5. The molecule has 0 atom stereocenters. The average molecular weight is 222 g/mol. The zero-order valence-electron chi connectivity index (χ0n) is 8.28. The van der Waals surface area contributed by atoms with Crippen LogP contribution in [0.5, 0.6) is 0 Å². The number of hydrogen-bond acceptors (Lipinski definition) is 3. The molecule has 0 radical (unpaired) electrons. The lowest BCUT2D eigenvalue weighted by Crippen LogP contribution is -2.03. The van der Waals surface area contributed by atoms with Gasteiger partial charge in [0.05, 0.1) is 5.52 Å². The first-order valence-electron chi connectivity index (χ1n) is 4.91. The van der Waals surface area contributed by atoms with Crippen LogP contribution in [0.15, 0.2) is 24.4 Å². The monoisotopic (exact) mass is 221 g/mol. The molecule has 0 saturated heterocycles. The van der Waals surface area contributed by atoms with E-state index in [-0.39, 0.29) is 0 Å². The molecule has 0 aliphatic carbocycles. The summed E-state index contributed by atoms with van der Waals surface area (Å²) >= 11 is 5.89. The number of benzene rings is 1. The van der Waals surface area contributed by atoms with Crippen molar-refractivity contribution >= 4 is 22.5 Å². The molecule has 0 bridgehead atoms. The molecule has 15 heavy (non-hydrogen) atoms. The van der Waals surface area contributed by atoms with Gasteiger partial charge in [0.2, 0.25) is 0 Å². The Morgan fingerprint density at radius 1 is 1.33 bits per heavy atom. The molecule has 0 unspecified atom stereocenters. The lowest BCUT2D eigenvalue weighted by atomic mass is 10.2. The molecule has 0 spiro atoms. The van der Waals surface area contributed by atoms with Gasteiger partial charge in [0.1, 0.15) is 5.82 Å². The van der Waals surface area contributed by atoms with E-state index >= 15 is 0 Å². The second kappa shape index (κ2) is 4.55. The Labute approximate surface area is 93.3 Å². The van der Waals surface area contributed by atoms with Crippen molar-refractivity contribution in [2.75, 3.05) is 6.54 Å². The Morgan fingerprint density at radius 3 is 3.00 bits per heavy atom.